The summed E-state index contributed by atoms with van der Waals surface area (Å²) in [6.07, 6.45) is 0. The number of benzene rings is 2. The van der Waals surface area contributed by atoms with Crippen molar-refractivity contribution in [3.05, 3.63) is 54.1 Å². The Kier molecular flexibility index (Phi) is 2.11. The number of hydrogen-bond donors (Lipinski definition) is 1. The van der Waals surface area contributed by atoms with Crippen LogP contribution in [-0.2, 0) is 0 Å². The van der Waals surface area contributed by atoms with Crippen molar-refractivity contribution in [2.24, 2.45) is 0 Å². The number of nitrogens with zero attached hydrogens (tertiary/aromatic N) is 2. The van der Waals surface area contributed by atoms with Crippen LogP contribution in [0.4, 0.5) is 0 Å². The first-order chi connectivity index (χ1) is 8.25. The SMILES string of the molecule is Cc1ccc(-c2nc3ccccc3n2O)cc1. The molecule has 3 nitrogen and oxygen atoms in total. The van der Waals surface area contributed by atoms with Gasteiger partial charge in [0, 0.05) is 5.56 Å². The Labute approximate surface area is 98.9 Å². The van der Waals surface area contributed by atoms with Gasteiger partial charge in [0.1, 0.15) is 5.52 Å². The van der Waals surface area contributed by atoms with Gasteiger partial charge in [-0.05, 0) is 19.1 Å². The molecule has 3 heteroatoms. The zero-order valence-corrected chi connectivity index (χ0v) is 9.46. The minimum atomic E-state index is 0.575. The van der Waals surface area contributed by atoms with E-state index in [1.54, 1.807) is 0 Å². The first kappa shape index (κ1) is 9.90. The maximum absolute atomic E-state index is 10.1. The van der Waals surface area contributed by atoms with Crippen molar-refractivity contribution in [3.8, 4) is 11.4 Å². The van der Waals surface area contributed by atoms with Crippen LogP contribution in [0, 0.1) is 6.92 Å². The second-order valence-corrected chi connectivity index (χ2v) is 4.10. The fourth-order valence-electron chi connectivity index (χ4n) is 1.90. The third kappa shape index (κ3) is 1.56. The summed E-state index contributed by atoms with van der Waals surface area (Å²) >= 11 is 0. The highest BCUT2D eigenvalue weighted by Gasteiger charge is 2.10. The maximum atomic E-state index is 10.1. The third-order valence-electron chi connectivity index (χ3n) is 2.85. The summed E-state index contributed by atoms with van der Waals surface area (Å²) in [5.41, 5.74) is 3.62. The van der Waals surface area contributed by atoms with Crippen molar-refractivity contribution in [1.29, 1.82) is 0 Å². The first-order valence-corrected chi connectivity index (χ1v) is 5.49. The lowest BCUT2D eigenvalue weighted by Crippen LogP contribution is -1.93. The molecule has 0 amide bonds. The van der Waals surface area contributed by atoms with Crippen LogP contribution in [0.15, 0.2) is 48.5 Å². The molecule has 0 aliphatic heterocycles. The number of hydrogen-bond acceptors (Lipinski definition) is 2. The van der Waals surface area contributed by atoms with Gasteiger partial charge in [0.2, 0.25) is 0 Å². The van der Waals surface area contributed by atoms with E-state index in [2.05, 4.69) is 4.98 Å². The zero-order valence-electron chi connectivity index (χ0n) is 9.46. The van der Waals surface area contributed by atoms with E-state index in [-0.39, 0.29) is 0 Å². The van der Waals surface area contributed by atoms with Gasteiger partial charge >= 0.3 is 0 Å². The summed E-state index contributed by atoms with van der Waals surface area (Å²) in [5, 5.41) is 10.1. The van der Waals surface area contributed by atoms with Gasteiger partial charge in [0.15, 0.2) is 5.82 Å². The smallest absolute Gasteiger partial charge is 0.176 e. The van der Waals surface area contributed by atoms with Gasteiger partial charge < -0.3 is 5.21 Å². The van der Waals surface area contributed by atoms with Crippen LogP contribution in [0.3, 0.4) is 0 Å². The van der Waals surface area contributed by atoms with Crippen LogP contribution in [0.25, 0.3) is 22.4 Å². The van der Waals surface area contributed by atoms with Gasteiger partial charge in [0.05, 0.1) is 5.52 Å². The highest BCUT2D eigenvalue weighted by Crippen LogP contribution is 2.23. The molecule has 0 atom stereocenters. The Morgan fingerprint density at radius 1 is 1.00 bits per heavy atom. The van der Waals surface area contributed by atoms with Gasteiger partial charge in [-0.15, -0.1) is 0 Å². The van der Waals surface area contributed by atoms with Gasteiger partial charge in [0.25, 0.3) is 0 Å². The molecule has 0 fully saturated rings. The van der Waals surface area contributed by atoms with E-state index in [4.69, 9.17) is 0 Å². The van der Waals surface area contributed by atoms with E-state index in [1.807, 2.05) is 55.5 Å². The Balaban J connectivity index is 2.24. The fraction of sp³-hybridized carbons (Fsp3) is 0.0714. The minimum Gasteiger partial charge on any atom is -0.426 e. The fourth-order valence-corrected chi connectivity index (χ4v) is 1.90. The van der Waals surface area contributed by atoms with Crippen LogP contribution in [0.5, 0.6) is 0 Å². The molecule has 0 saturated heterocycles. The Bertz CT molecular complexity index is 668. The first-order valence-electron chi connectivity index (χ1n) is 5.49. The summed E-state index contributed by atoms with van der Waals surface area (Å²) in [4.78, 5) is 4.43. The summed E-state index contributed by atoms with van der Waals surface area (Å²) in [7, 11) is 0. The largest absolute Gasteiger partial charge is 0.426 e. The average Bonchev–Trinajstić information content (AvgIpc) is 2.69. The highest BCUT2D eigenvalue weighted by atomic mass is 16.5. The average molecular weight is 224 g/mol. The second kappa shape index (κ2) is 3.63. The van der Waals surface area contributed by atoms with Gasteiger partial charge in [-0.1, -0.05) is 42.0 Å². The molecule has 84 valence electrons. The molecule has 2 aromatic carbocycles. The zero-order chi connectivity index (χ0) is 11.8. The number of rotatable bonds is 1. The van der Waals surface area contributed by atoms with Crippen molar-refractivity contribution in [2.75, 3.05) is 0 Å². The van der Waals surface area contributed by atoms with Crippen molar-refractivity contribution >= 4 is 11.0 Å². The van der Waals surface area contributed by atoms with E-state index in [1.165, 1.54) is 5.56 Å². The molecule has 0 radical (unpaired) electrons. The lowest BCUT2D eigenvalue weighted by Gasteiger charge is -2.01. The molecule has 1 N–H and O–H groups in total. The third-order valence-corrected chi connectivity index (χ3v) is 2.85. The molecule has 1 aromatic heterocycles. The van der Waals surface area contributed by atoms with E-state index in [0.29, 0.717) is 5.82 Å². The molecule has 0 saturated carbocycles. The summed E-state index contributed by atoms with van der Waals surface area (Å²) in [6, 6.07) is 15.5. The summed E-state index contributed by atoms with van der Waals surface area (Å²) in [6.45, 7) is 2.03. The second-order valence-electron chi connectivity index (χ2n) is 4.10. The lowest BCUT2D eigenvalue weighted by molar-refractivity contribution is 0.203. The van der Waals surface area contributed by atoms with Crippen LogP contribution in [-0.4, -0.2) is 14.9 Å². The lowest BCUT2D eigenvalue weighted by atomic mass is 10.1. The predicted octanol–water partition coefficient (Wildman–Crippen LogP) is 3.25. The molecule has 0 bridgehead atoms. The molecule has 3 aromatic rings. The minimum absolute atomic E-state index is 0.575. The number of aromatic nitrogens is 2. The van der Waals surface area contributed by atoms with Crippen molar-refractivity contribution in [2.45, 2.75) is 6.92 Å². The van der Waals surface area contributed by atoms with Crippen LogP contribution < -0.4 is 0 Å². The van der Waals surface area contributed by atoms with Gasteiger partial charge in [-0.2, -0.15) is 4.73 Å². The van der Waals surface area contributed by atoms with E-state index >= 15 is 0 Å². The molecule has 0 unspecified atom stereocenters. The molecular formula is C14H12N2O. The molecular weight excluding hydrogens is 212 g/mol. The maximum Gasteiger partial charge on any atom is 0.176 e. The normalized spacial score (nSPS) is 10.9. The van der Waals surface area contributed by atoms with Crippen molar-refractivity contribution in [3.63, 3.8) is 0 Å². The van der Waals surface area contributed by atoms with E-state index in [0.717, 1.165) is 21.3 Å². The number of aryl methyl sites for hydroxylation is 1. The Morgan fingerprint density at radius 2 is 1.71 bits per heavy atom. The number of fused-ring (bicyclic) bond motifs is 1. The molecule has 0 aliphatic carbocycles. The monoisotopic (exact) mass is 224 g/mol. The molecule has 0 aliphatic rings. The van der Waals surface area contributed by atoms with Crippen LogP contribution >= 0.6 is 0 Å². The Hall–Kier alpha value is -2.29. The summed E-state index contributed by atoms with van der Waals surface area (Å²) < 4.78 is 1.14. The van der Waals surface area contributed by atoms with E-state index < -0.39 is 0 Å². The highest BCUT2D eigenvalue weighted by molar-refractivity contribution is 5.79. The Morgan fingerprint density at radius 3 is 2.41 bits per heavy atom. The van der Waals surface area contributed by atoms with Gasteiger partial charge in [-0.3, -0.25) is 0 Å². The number of para-hydroxylation sites is 2. The quantitative estimate of drug-likeness (QED) is 0.644. The van der Waals surface area contributed by atoms with Crippen LogP contribution in [0.2, 0.25) is 0 Å². The number of imidazole rings is 1. The summed E-state index contributed by atoms with van der Waals surface area (Å²) in [5.74, 6) is 0.575. The molecule has 1 heterocycles. The van der Waals surface area contributed by atoms with Crippen LogP contribution in [0.1, 0.15) is 5.56 Å². The molecule has 3 rings (SSSR count). The van der Waals surface area contributed by atoms with Gasteiger partial charge in [-0.25, -0.2) is 4.98 Å². The topological polar surface area (TPSA) is 38.0 Å². The van der Waals surface area contributed by atoms with Crippen molar-refractivity contribution < 1.29 is 5.21 Å². The van der Waals surface area contributed by atoms with E-state index in [9.17, 15) is 5.21 Å². The standard InChI is InChI=1S/C14H12N2O/c1-10-6-8-11(9-7-10)14-15-12-4-2-3-5-13(12)16(14)17/h2-9,17H,1H3. The van der Waals surface area contributed by atoms with Crippen molar-refractivity contribution in [1.82, 2.24) is 9.71 Å². The molecule has 0 spiro atoms. The molecule has 17 heavy (non-hydrogen) atoms. The predicted molar refractivity (Wildman–Crippen MR) is 67.1 cm³/mol.